The van der Waals surface area contributed by atoms with Crippen molar-refractivity contribution >= 4 is 38.4 Å². The van der Waals surface area contributed by atoms with E-state index in [0.717, 1.165) is 0 Å². The molecule has 2 saturated heterocycles. The third-order valence-electron chi connectivity index (χ3n) is 6.96. The van der Waals surface area contributed by atoms with Crippen molar-refractivity contribution in [2.45, 2.75) is 43.9 Å². The highest BCUT2D eigenvalue weighted by atomic mass is 31.3. The fourth-order valence-electron chi connectivity index (χ4n) is 5.08. The summed E-state index contributed by atoms with van der Waals surface area (Å²) < 4.78 is 54.8. The summed E-state index contributed by atoms with van der Waals surface area (Å²) in [5, 5.41) is 5.24. The molecule has 4 heterocycles. The average Bonchev–Trinajstić information content (AvgIpc) is 3.71. The Balaban J connectivity index is 1.22. The van der Waals surface area contributed by atoms with Crippen molar-refractivity contribution in [1.29, 1.82) is 0 Å². The second-order valence-corrected chi connectivity index (χ2v) is 13.5. The monoisotopic (exact) mass is 658 g/mol. The minimum absolute atomic E-state index is 0.159. The molecule has 2 amide bonds. The number of fused-ring (bicyclic) bond motifs is 2. The van der Waals surface area contributed by atoms with E-state index in [0.29, 0.717) is 23.3 Å². The van der Waals surface area contributed by atoms with E-state index in [4.69, 9.17) is 18.7 Å². The van der Waals surface area contributed by atoms with Crippen LogP contribution >= 0.6 is 15.4 Å². The fraction of sp³-hybridized carbons (Fsp3) is 0.333. The van der Waals surface area contributed by atoms with Crippen molar-refractivity contribution in [1.82, 2.24) is 24.8 Å². The zero-order valence-electron chi connectivity index (χ0n) is 23.7. The summed E-state index contributed by atoms with van der Waals surface area (Å²) in [7, 11) is -10.2. The maximum absolute atomic E-state index is 12.6. The Morgan fingerprint density at radius 3 is 2.42 bits per heavy atom. The van der Waals surface area contributed by atoms with Crippen LogP contribution in [0.25, 0.3) is 11.2 Å². The summed E-state index contributed by atoms with van der Waals surface area (Å²) in [4.78, 5) is 50.0. The van der Waals surface area contributed by atoms with Crippen molar-refractivity contribution in [2.24, 2.45) is 0 Å². The van der Waals surface area contributed by atoms with E-state index in [1.165, 1.54) is 24.8 Å². The highest BCUT2D eigenvalue weighted by Gasteiger charge is 2.54. The van der Waals surface area contributed by atoms with Crippen LogP contribution in [0.3, 0.4) is 0 Å². The number of anilines is 1. The lowest BCUT2D eigenvalue weighted by molar-refractivity contribution is -0.235. The summed E-state index contributed by atoms with van der Waals surface area (Å²) in [5.74, 6) is 0.159. The molecule has 45 heavy (non-hydrogen) atoms. The second-order valence-electron chi connectivity index (χ2n) is 10.1. The number of phosphoric ester groups is 1. The highest BCUT2D eigenvalue weighted by Crippen LogP contribution is 2.57. The number of nitrogens with zero attached hydrogens (tertiary/aromatic N) is 4. The van der Waals surface area contributed by atoms with Gasteiger partial charge in [0.2, 0.25) is 0 Å². The quantitative estimate of drug-likeness (QED) is 0.222. The summed E-state index contributed by atoms with van der Waals surface area (Å²) >= 11 is 0. The molecule has 16 nitrogen and oxygen atoms in total. The number of amides is 2. The lowest BCUT2D eigenvalue weighted by Crippen LogP contribution is -2.32. The van der Waals surface area contributed by atoms with Crippen molar-refractivity contribution in [3.63, 3.8) is 0 Å². The van der Waals surface area contributed by atoms with Gasteiger partial charge < -0.3 is 38.4 Å². The van der Waals surface area contributed by atoms with Crippen LogP contribution in [0.2, 0.25) is 0 Å². The molecule has 0 bridgehead atoms. The third-order valence-corrected chi connectivity index (χ3v) is 9.97. The van der Waals surface area contributed by atoms with E-state index in [1.54, 1.807) is 29.7 Å². The van der Waals surface area contributed by atoms with Gasteiger partial charge in [-0.25, -0.2) is 19.7 Å². The SMILES string of the molecule is CCNC(=O)Nc1ncnc2c1ncn2[C@@H]1O[C@H](COP(=O)([O-])OP(=O)([O-])Cc2ccccc2)C2O[C@H](c3ccccc3)OC21. The first-order valence-corrected chi connectivity index (χ1v) is 17.1. The van der Waals surface area contributed by atoms with Gasteiger partial charge in [-0.15, -0.1) is 0 Å². The molecule has 2 aliphatic heterocycles. The van der Waals surface area contributed by atoms with E-state index in [-0.39, 0.29) is 11.3 Å². The van der Waals surface area contributed by atoms with Crippen molar-refractivity contribution in [3.8, 4) is 0 Å². The molecule has 6 rings (SSSR count). The number of hydrogen-bond acceptors (Lipinski definition) is 13. The molecule has 238 valence electrons. The fourth-order valence-corrected chi connectivity index (χ4v) is 7.70. The van der Waals surface area contributed by atoms with Gasteiger partial charge in [-0.3, -0.25) is 18.8 Å². The van der Waals surface area contributed by atoms with Crippen LogP contribution in [0.15, 0.2) is 73.3 Å². The second kappa shape index (κ2) is 13.0. The minimum Gasteiger partial charge on any atom is -0.778 e. The topological polar surface area (TPSA) is 211 Å². The molecule has 4 aromatic rings. The number of benzene rings is 2. The number of nitrogens with one attached hydrogen (secondary N) is 2. The number of hydrogen-bond donors (Lipinski definition) is 2. The standard InChI is InChI=1S/C27H30N6O10P2/c1-2-28-27(34)32-23-20-24(30-15-29-23)33(16-31-20)25-22-21(41-26(42-22)18-11-7-4-8-12-18)19(40-25)13-39-45(37,38)43-44(35,36)14-17-9-5-3-6-10-17/h3-12,15-16,19,21-22,25-26H,2,13-14H2,1H3,(H,35,36)(H,37,38)(H2,28,29,30,32,34)/p-2/t19-,21?,22?,25-,26+/m1/s1. The predicted molar refractivity (Wildman–Crippen MR) is 153 cm³/mol. The van der Waals surface area contributed by atoms with E-state index in [1.807, 2.05) is 30.3 Å². The lowest BCUT2D eigenvalue weighted by Gasteiger charge is -2.32. The summed E-state index contributed by atoms with van der Waals surface area (Å²) in [5.41, 5.74) is 1.62. The van der Waals surface area contributed by atoms with Gasteiger partial charge in [0.05, 0.1) is 12.9 Å². The Labute approximate surface area is 256 Å². The molecule has 0 radical (unpaired) electrons. The Morgan fingerprint density at radius 2 is 1.69 bits per heavy atom. The van der Waals surface area contributed by atoms with Gasteiger partial charge in [-0.05, 0) is 12.5 Å². The Hall–Kier alpha value is -3.56. The maximum atomic E-state index is 12.6. The zero-order chi connectivity index (χ0) is 31.6. The van der Waals surface area contributed by atoms with E-state index < -0.39 is 65.0 Å². The molecule has 4 unspecified atom stereocenters. The predicted octanol–water partition coefficient (Wildman–Crippen LogP) is 2.60. The van der Waals surface area contributed by atoms with Gasteiger partial charge in [0.1, 0.15) is 32.2 Å². The van der Waals surface area contributed by atoms with Gasteiger partial charge in [0, 0.05) is 18.3 Å². The van der Waals surface area contributed by atoms with Crippen LogP contribution in [0, 0.1) is 0 Å². The number of imidazole rings is 1. The van der Waals surface area contributed by atoms with Gasteiger partial charge in [0.25, 0.3) is 7.82 Å². The third kappa shape index (κ3) is 7.15. The van der Waals surface area contributed by atoms with E-state index >= 15 is 0 Å². The van der Waals surface area contributed by atoms with Crippen LogP contribution in [0.4, 0.5) is 10.6 Å². The minimum atomic E-state index is -5.35. The molecule has 2 aliphatic rings. The molecule has 0 saturated carbocycles. The first-order chi connectivity index (χ1) is 21.6. The number of urea groups is 1. The molecule has 2 N–H and O–H groups in total. The van der Waals surface area contributed by atoms with Gasteiger partial charge in [0.15, 0.2) is 29.5 Å². The Morgan fingerprint density at radius 1 is 0.978 bits per heavy atom. The van der Waals surface area contributed by atoms with E-state index in [2.05, 4.69) is 29.9 Å². The number of ether oxygens (including phenoxy) is 3. The molecule has 2 fully saturated rings. The molecule has 2 aromatic carbocycles. The molecular weight excluding hydrogens is 630 g/mol. The van der Waals surface area contributed by atoms with Gasteiger partial charge in [-0.2, -0.15) is 0 Å². The van der Waals surface area contributed by atoms with Gasteiger partial charge >= 0.3 is 6.03 Å². The number of phosphoric acid groups is 1. The van der Waals surface area contributed by atoms with Crippen molar-refractivity contribution in [2.75, 3.05) is 18.5 Å². The highest BCUT2D eigenvalue weighted by molar-refractivity contribution is 7.62. The Kier molecular flexibility index (Phi) is 9.11. The van der Waals surface area contributed by atoms with Gasteiger partial charge in [-0.1, -0.05) is 60.7 Å². The molecule has 2 aromatic heterocycles. The van der Waals surface area contributed by atoms with Crippen LogP contribution in [0.1, 0.15) is 30.6 Å². The molecular formula is C27H28N6O10P2-2. The van der Waals surface area contributed by atoms with Crippen molar-refractivity contribution in [3.05, 3.63) is 84.4 Å². The number of carbonyl (C=O) groups excluding carboxylic acids is 1. The van der Waals surface area contributed by atoms with Crippen LogP contribution in [-0.2, 0) is 38.3 Å². The number of aromatic nitrogens is 4. The largest absolute Gasteiger partial charge is 0.778 e. The first-order valence-electron chi connectivity index (χ1n) is 13.9. The summed E-state index contributed by atoms with van der Waals surface area (Å²) in [6, 6.07) is 16.6. The van der Waals surface area contributed by atoms with E-state index in [9.17, 15) is 23.7 Å². The average molecular weight is 659 g/mol. The first kappa shape index (κ1) is 31.4. The smallest absolute Gasteiger partial charge is 0.320 e. The lowest BCUT2D eigenvalue weighted by atomic mass is 10.1. The number of rotatable bonds is 11. The summed E-state index contributed by atoms with van der Waals surface area (Å²) in [6.45, 7) is 1.53. The van der Waals surface area contributed by atoms with Crippen LogP contribution < -0.4 is 20.4 Å². The van der Waals surface area contributed by atoms with Crippen LogP contribution in [0.5, 0.6) is 0 Å². The molecule has 0 aliphatic carbocycles. The summed E-state index contributed by atoms with van der Waals surface area (Å²) in [6.07, 6.45) is -2.43. The number of carbonyl (C=O) groups is 1. The van der Waals surface area contributed by atoms with Crippen molar-refractivity contribution < 1.29 is 46.8 Å². The maximum Gasteiger partial charge on any atom is 0.320 e. The Bertz CT molecular complexity index is 1750. The normalized spacial score (nSPS) is 25.4. The molecule has 18 heteroatoms. The molecule has 0 spiro atoms. The molecule has 7 atom stereocenters. The van der Waals surface area contributed by atoms with Crippen LogP contribution in [-0.4, -0.2) is 57.0 Å². The zero-order valence-corrected chi connectivity index (χ0v) is 25.5.